The van der Waals surface area contributed by atoms with Crippen molar-refractivity contribution in [1.29, 1.82) is 0 Å². The van der Waals surface area contributed by atoms with Crippen LogP contribution >= 0.6 is 11.8 Å². The number of benzene rings is 3. The number of sulfone groups is 1. The smallest absolute Gasteiger partial charge is 0.326 e. The summed E-state index contributed by atoms with van der Waals surface area (Å²) in [7, 11) is -3.39. The lowest BCUT2D eigenvalue weighted by atomic mass is 9.93. The summed E-state index contributed by atoms with van der Waals surface area (Å²) in [6.45, 7) is 4.14. The molecule has 1 heterocycles. The molecule has 1 aliphatic heterocycles. The maximum absolute atomic E-state index is 13.4. The SMILES string of the molecule is CS[C@@H]1C[C@H](COc2ccccc2)N(Cc2ccc(C(=O)N[C@@H](CCS(C)(=O)=O)C(=O)O)c(-c3ccccc3C)c2)C1. The average molecular weight is 611 g/mol. The maximum atomic E-state index is 13.4. The summed E-state index contributed by atoms with van der Waals surface area (Å²) < 4.78 is 29.4. The molecule has 0 saturated carbocycles. The molecule has 8 nitrogen and oxygen atoms in total. The molecule has 1 aliphatic rings. The first-order valence-corrected chi connectivity index (χ1v) is 17.2. The molecule has 0 spiro atoms. The number of nitrogens with zero attached hydrogens (tertiary/aromatic N) is 1. The van der Waals surface area contributed by atoms with Crippen LogP contribution in [0.1, 0.15) is 34.3 Å². The van der Waals surface area contributed by atoms with Crippen LogP contribution in [0.25, 0.3) is 11.1 Å². The van der Waals surface area contributed by atoms with E-state index in [9.17, 15) is 23.1 Å². The second kappa shape index (κ2) is 14.2. The van der Waals surface area contributed by atoms with Crippen LogP contribution in [-0.4, -0.2) is 79.1 Å². The Kier molecular flexibility index (Phi) is 10.7. The van der Waals surface area contributed by atoms with Gasteiger partial charge in [-0.2, -0.15) is 11.8 Å². The molecule has 10 heteroatoms. The minimum atomic E-state index is -3.39. The Bertz CT molecular complexity index is 1500. The second-order valence-corrected chi connectivity index (χ2v) is 14.2. The third kappa shape index (κ3) is 8.59. The highest BCUT2D eigenvalue weighted by Gasteiger charge is 2.32. The van der Waals surface area contributed by atoms with Crippen molar-refractivity contribution in [3.63, 3.8) is 0 Å². The molecule has 0 bridgehead atoms. The van der Waals surface area contributed by atoms with Crippen LogP contribution in [0.3, 0.4) is 0 Å². The van der Waals surface area contributed by atoms with Gasteiger partial charge in [0.15, 0.2) is 0 Å². The normalized spacial score (nSPS) is 18.0. The molecule has 4 rings (SSSR count). The first-order chi connectivity index (χ1) is 20.0. The van der Waals surface area contributed by atoms with Crippen molar-refractivity contribution in [3.8, 4) is 16.9 Å². The number of likely N-dealkylation sites (tertiary alicyclic amines) is 1. The van der Waals surface area contributed by atoms with Crippen LogP contribution in [0.4, 0.5) is 0 Å². The standard InChI is InChI=1S/C32H38N2O6S2/c1-22-9-7-8-12-27(22)29-17-23(13-14-28(29)31(35)33-30(32(36)37)15-16-42(3,38)39)19-34-20-26(41-2)18-24(34)21-40-25-10-5-4-6-11-25/h4-14,17,24,26,30H,15-16,18-21H2,1-3H3,(H,33,35)(H,36,37)/t24-,26-,30+/m1/s1. The Morgan fingerprint density at radius 2 is 1.79 bits per heavy atom. The van der Waals surface area contributed by atoms with Gasteiger partial charge in [-0.15, -0.1) is 0 Å². The van der Waals surface area contributed by atoms with Crippen LogP contribution in [-0.2, 0) is 21.2 Å². The number of thioether (sulfide) groups is 1. The van der Waals surface area contributed by atoms with Crippen LogP contribution in [0.5, 0.6) is 5.75 Å². The van der Waals surface area contributed by atoms with E-state index in [1.807, 2.05) is 85.4 Å². The number of carbonyl (C=O) groups excluding carboxylic acids is 1. The van der Waals surface area contributed by atoms with E-state index in [1.165, 1.54) is 0 Å². The van der Waals surface area contributed by atoms with Crippen molar-refractivity contribution in [2.24, 2.45) is 0 Å². The second-order valence-electron chi connectivity index (χ2n) is 10.8. The van der Waals surface area contributed by atoms with Gasteiger partial charge >= 0.3 is 5.97 Å². The van der Waals surface area contributed by atoms with Gasteiger partial charge in [0, 0.05) is 36.2 Å². The van der Waals surface area contributed by atoms with E-state index in [1.54, 1.807) is 6.07 Å². The molecule has 2 N–H and O–H groups in total. The van der Waals surface area contributed by atoms with Crippen LogP contribution in [0, 0.1) is 6.92 Å². The predicted octanol–water partition coefficient (Wildman–Crippen LogP) is 4.66. The average Bonchev–Trinajstić information content (AvgIpc) is 3.35. The molecule has 0 radical (unpaired) electrons. The van der Waals surface area contributed by atoms with E-state index in [-0.39, 0.29) is 18.2 Å². The van der Waals surface area contributed by atoms with E-state index < -0.39 is 27.8 Å². The number of hydrogen-bond acceptors (Lipinski definition) is 7. The van der Waals surface area contributed by atoms with Crippen molar-refractivity contribution < 1.29 is 27.9 Å². The summed E-state index contributed by atoms with van der Waals surface area (Å²) in [5.74, 6) is -1.32. The molecule has 0 aromatic heterocycles. The molecule has 224 valence electrons. The molecule has 3 aromatic rings. The Hall–Kier alpha value is -3.34. The third-order valence-electron chi connectivity index (χ3n) is 7.54. The topological polar surface area (TPSA) is 113 Å². The maximum Gasteiger partial charge on any atom is 0.326 e. The van der Waals surface area contributed by atoms with Gasteiger partial charge in [0.25, 0.3) is 5.91 Å². The number of aryl methyl sites for hydroxylation is 1. The molecule has 0 aliphatic carbocycles. The summed E-state index contributed by atoms with van der Waals surface area (Å²) >= 11 is 1.86. The number of ether oxygens (including phenoxy) is 1. The fourth-order valence-electron chi connectivity index (χ4n) is 5.23. The number of hydrogen-bond donors (Lipinski definition) is 2. The summed E-state index contributed by atoms with van der Waals surface area (Å²) in [6, 6.07) is 22.1. The van der Waals surface area contributed by atoms with Crippen molar-refractivity contribution in [2.75, 3.05) is 31.4 Å². The van der Waals surface area contributed by atoms with Crippen LogP contribution < -0.4 is 10.1 Å². The lowest BCUT2D eigenvalue weighted by Crippen LogP contribution is -2.42. The summed E-state index contributed by atoms with van der Waals surface area (Å²) in [5.41, 5.74) is 3.93. The Morgan fingerprint density at radius 3 is 2.45 bits per heavy atom. The number of nitrogens with one attached hydrogen (secondary N) is 1. The Morgan fingerprint density at radius 1 is 1.07 bits per heavy atom. The van der Waals surface area contributed by atoms with Gasteiger partial charge in [-0.3, -0.25) is 9.69 Å². The highest BCUT2D eigenvalue weighted by atomic mass is 32.2. The molecule has 0 unspecified atom stereocenters. The Balaban J connectivity index is 1.59. The molecular weight excluding hydrogens is 572 g/mol. The zero-order valence-electron chi connectivity index (χ0n) is 24.2. The molecular formula is C32H38N2O6S2. The number of amides is 1. The molecule has 42 heavy (non-hydrogen) atoms. The summed E-state index contributed by atoms with van der Waals surface area (Å²) in [6.07, 6.45) is 3.98. The third-order valence-corrected chi connectivity index (χ3v) is 9.52. The number of carboxylic acid groups (broad SMARTS) is 1. The fourth-order valence-corrected chi connectivity index (χ4v) is 6.65. The van der Waals surface area contributed by atoms with Gasteiger partial charge < -0.3 is 15.2 Å². The quantitative estimate of drug-likeness (QED) is 0.287. The zero-order valence-corrected chi connectivity index (χ0v) is 25.8. The van der Waals surface area contributed by atoms with E-state index in [0.29, 0.717) is 29.5 Å². The lowest BCUT2D eigenvalue weighted by Gasteiger charge is -2.25. The highest BCUT2D eigenvalue weighted by Crippen LogP contribution is 2.32. The molecule has 1 saturated heterocycles. The van der Waals surface area contributed by atoms with E-state index in [2.05, 4.69) is 16.5 Å². The van der Waals surface area contributed by atoms with Gasteiger partial charge in [0.2, 0.25) is 0 Å². The monoisotopic (exact) mass is 610 g/mol. The molecule has 1 amide bonds. The van der Waals surface area contributed by atoms with E-state index in [0.717, 1.165) is 41.7 Å². The lowest BCUT2D eigenvalue weighted by molar-refractivity contribution is -0.139. The van der Waals surface area contributed by atoms with Crippen molar-refractivity contribution in [3.05, 3.63) is 89.5 Å². The van der Waals surface area contributed by atoms with Gasteiger partial charge in [0.05, 0.1) is 5.75 Å². The predicted molar refractivity (Wildman–Crippen MR) is 168 cm³/mol. The summed E-state index contributed by atoms with van der Waals surface area (Å²) in [4.78, 5) is 27.7. The molecule has 1 fully saturated rings. The van der Waals surface area contributed by atoms with Crippen molar-refractivity contribution in [1.82, 2.24) is 10.2 Å². The largest absolute Gasteiger partial charge is 0.492 e. The van der Waals surface area contributed by atoms with Crippen LogP contribution in [0.2, 0.25) is 0 Å². The fraction of sp³-hybridized carbons (Fsp3) is 0.375. The minimum absolute atomic E-state index is 0.213. The first kappa shape index (κ1) is 31.6. The summed E-state index contributed by atoms with van der Waals surface area (Å²) in [5, 5.41) is 12.7. The van der Waals surface area contributed by atoms with Crippen molar-refractivity contribution in [2.45, 2.75) is 43.6 Å². The molecule has 3 aromatic carbocycles. The number of carbonyl (C=O) groups is 2. The number of carboxylic acids is 1. The Labute approximate surface area is 252 Å². The number of rotatable bonds is 13. The minimum Gasteiger partial charge on any atom is -0.492 e. The highest BCUT2D eigenvalue weighted by molar-refractivity contribution is 7.99. The van der Waals surface area contributed by atoms with Gasteiger partial charge in [-0.1, -0.05) is 48.5 Å². The van der Waals surface area contributed by atoms with E-state index in [4.69, 9.17) is 4.74 Å². The van der Waals surface area contributed by atoms with Crippen molar-refractivity contribution >= 4 is 33.5 Å². The molecule has 3 atom stereocenters. The number of para-hydroxylation sites is 1. The number of aliphatic carboxylic acids is 1. The van der Waals surface area contributed by atoms with Gasteiger partial charge in [-0.25, -0.2) is 13.2 Å². The van der Waals surface area contributed by atoms with Crippen LogP contribution in [0.15, 0.2) is 72.8 Å². The zero-order chi connectivity index (χ0) is 30.3. The van der Waals surface area contributed by atoms with Gasteiger partial charge in [0.1, 0.15) is 28.2 Å². The first-order valence-electron chi connectivity index (χ1n) is 13.9. The van der Waals surface area contributed by atoms with E-state index >= 15 is 0 Å². The van der Waals surface area contributed by atoms with Gasteiger partial charge in [-0.05, 0) is 72.5 Å².